The first kappa shape index (κ1) is 38.9. The van der Waals surface area contributed by atoms with Crippen molar-refractivity contribution in [1.82, 2.24) is 9.97 Å². The Hall–Kier alpha value is -4.83. The number of H-pyrrole nitrogens is 2. The highest BCUT2D eigenvalue weighted by Crippen LogP contribution is 2.47. The van der Waals surface area contributed by atoms with E-state index in [2.05, 4.69) is 27.7 Å². The van der Waals surface area contributed by atoms with Gasteiger partial charge in [-0.05, 0) is 46.5 Å². The van der Waals surface area contributed by atoms with Gasteiger partial charge in [0.1, 0.15) is 0 Å². The number of aromatic nitrogens is 2. The molecule has 0 spiro atoms. The van der Waals surface area contributed by atoms with Gasteiger partial charge in [0.15, 0.2) is 0 Å². The van der Waals surface area contributed by atoms with Gasteiger partial charge in [-0.2, -0.15) is 0 Å². The van der Waals surface area contributed by atoms with Crippen LogP contribution in [0.25, 0.3) is 33.5 Å². The third kappa shape index (κ3) is 8.59. The van der Waals surface area contributed by atoms with Crippen LogP contribution in [0.4, 0.5) is 5.69 Å². The summed E-state index contributed by atoms with van der Waals surface area (Å²) in [7, 11) is -3.62. The molecule has 2 aromatic heterocycles. The minimum absolute atomic E-state index is 0.0433. The molecule has 0 fully saturated rings. The van der Waals surface area contributed by atoms with Crippen LogP contribution in [0.15, 0.2) is 73.1 Å². The quantitative estimate of drug-likeness (QED) is 0.0476. The number of aromatic amines is 2. The lowest BCUT2D eigenvalue weighted by Gasteiger charge is -2.34. The normalized spacial score (nSPS) is 15.7. The molecule has 9 nitrogen and oxygen atoms in total. The molecule has 10 heteroatoms. The number of hydrogen-bond donors (Lipinski definition) is 5. The number of carbonyl (C=O) groups is 2. The molecule has 3 aromatic carbocycles. The molecule has 0 saturated carbocycles. The van der Waals surface area contributed by atoms with E-state index in [9.17, 15) is 23.1 Å². The minimum atomic E-state index is -3.62. The van der Waals surface area contributed by atoms with E-state index in [0.29, 0.717) is 34.1 Å². The van der Waals surface area contributed by atoms with Crippen molar-refractivity contribution < 1.29 is 23.1 Å². The largest absolute Gasteiger partial charge is 0.478 e. The number of amides is 1. The van der Waals surface area contributed by atoms with Gasteiger partial charge in [-0.25, -0.2) is 13.2 Å². The number of primary amides is 1. The number of carboxylic acids is 1. The highest BCUT2D eigenvalue weighted by molar-refractivity contribution is 7.92. The zero-order valence-electron chi connectivity index (χ0n) is 31.4. The van der Waals surface area contributed by atoms with E-state index >= 15 is 0 Å². The molecular formula is C44H54N4O5S. The summed E-state index contributed by atoms with van der Waals surface area (Å²) >= 11 is 0. The van der Waals surface area contributed by atoms with E-state index in [-0.39, 0.29) is 17.7 Å². The highest BCUT2D eigenvalue weighted by atomic mass is 32.2. The van der Waals surface area contributed by atoms with Gasteiger partial charge in [-0.15, -0.1) is 0 Å². The summed E-state index contributed by atoms with van der Waals surface area (Å²) in [6.45, 7) is 2.25. The van der Waals surface area contributed by atoms with E-state index in [1.54, 1.807) is 18.2 Å². The second-order valence-electron chi connectivity index (χ2n) is 14.9. The maximum Gasteiger partial charge on any atom is 0.337 e. The van der Waals surface area contributed by atoms with Crippen LogP contribution in [0.1, 0.15) is 125 Å². The van der Waals surface area contributed by atoms with Crippen LogP contribution in [0.3, 0.4) is 0 Å². The number of benzene rings is 3. The van der Waals surface area contributed by atoms with Gasteiger partial charge in [-0.1, -0.05) is 145 Å². The summed E-state index contributed by atoms with van der Waals surface area (Å²) < 4.78 is 29.6. The number of fused-ring (bicyclic) bond motifs is 3. The highest BCUT2D eigenvalue weighted by Gasteiger charge is 2.40. The molecule has 54 heavy (non-hydrogen) atoms. The maximum atomic E-state index is 13.4. The molecule has 1 amide bonds. The zero-order chi connectivity index (χ0) is 38.1. The summed E-state index contributed by atoms with van der Waals surface area (Å²) in [5, 5.41) is 13.0. The van der Waals surface area contributed by atoms with Crippen molar-refractivity contribution in [3.8, 4) is 0 Å². The lowest BCUT2D eigenvalue weighted by molar-refractivity contribution is -0.113. The van der Waals surface area contributed by atoms with Crippen LogP contribution in [0, 0.1) is 0 Å². The van der Waals surface area contributed by atoms with Crippen LogP contribution in [0.2, 0.25) is 0 Å². The molecule has 2 heterocycles. The summed E-state index contributed by atoms with van der Waals surface area (Å²) in [4.78, 5) is 31.8. The number of nitrogens with one attached hydrogen (secondary N) is 3. The third-order valence-corrected chi connectivity index (χ3v) is 12.5. The van der Waals surface area contributed by atoms with E-state index in [1.807, 2.05) is 54.9 Å². The molecule has 1 aliphatic rings. The fraction of sp³-hybridized carbons (Fsp3) is 0.409. The Balaban J connectivity index is 1.20. The fourth-order valence-corrected chi connectivity index (χ4v) is 9.51. The molecule has 1 aliphatic carbocycles. The van der Waals surface area contributed by atoms with Gasteiger partial charge in [0, 0.05) is 34.2 Å². The van der Waals surface area contributed by atoms with Crippen LogP contribution in [0.5, 0.6) is 0 Å². The predicted molar refractivity (Wildman–Crippen MR) is 219 cm³/mol. The van der Waals surface area contributed by atoms with Crippen molar-refractivity contribution in [3.63, 3.8) is 0 Å². The van der Waals surface area contributed by atoms with E-state index < -0.39 is 27.3 Å². The average Bonchev–Trinajstić information content (AvgIpc) is 3.81. The molecular weight excluding hydrogens is 697 g/mol. The monoisotopic (exact) mass is 750 g/mol. The van der Waals surface area contributed by atoms with Crippen LogP contribution in [-0.2, 0) is 20.2 Å². The number of para-hydroxylation sites is 2. The number of anilines is 1. The molecule has 0 bridgehead atoms. The van der Waals surface area contributed by atoms with Crippen molar-refractivity contribution in [2.75, 3.05) is 10.5 Å². The molecule has 0 saturated heterocycles. The number of aromatic carboxylic acids is 1. The van der Waals surface area contributed by atoms with Crippen molar-refractivity contribution in [2.45, 2.75) is 109 Å². The number of unbranched alkanes of at least 4 members (excludes halogenated alkanes) is 13. The van der Waals surface area contributed by atoms with Crippen molar-refractivity contribution >= 4 is 61.0 Å². The average molecular weight is 751 g/mol. The number of nitrogens with two attached hydrogens (primary N) is 1. The molecule has 0 radical (unpaired) electrons. The SMILES string of the molecule is CCCCCCCCCCCCCCCCS(=O)(=O)Nc1cccc2c(C3(c4c[nH]c5c(C(=O)O)cccc45)C=c4ccccc4=C(C(N)=O)C3)c[nH]c12. The smallest absolute Gasteiger partial charge is 0.337 e. The van der Waals surface area contributed by atoms with Crippen LogP contribution in [-0.4, -0.2) is 41.1 Å². The van der Waals surface area contributed by atoms with E-state index in [1.165, 1.54) is 64.2 Å². The Bertz CT molecular complexity index is 2340. The lowest BCUT2D eigenvalue weighted by atomic mass is 9.67. The van der Waals surface area contributed by atoms with E-state index in [4.69, 9.17) is 5.73 Å². The molecule has 1 atom stereocenters. The third-order valence-electron chi connectivity index (χ3n) is 11.1. The minimum Gasteiger partial charge on any atom is -0.478 e. The summed E-state index contributed by atoms with van der Waals surface area (Å²) in [5.74, 6) is -1.55. The molecule has 6 rings (SSSR count). The Morgan fingerprint density at radius 1 is 0.741 bits per heavy atom. The number of carboxylic acid groups (broad SMARTS) is 1. The molecule has 286 valence electrons. The van der Waals surface area contributed by atoms with Crippen LogP contribution >= 0.6 is 0 Å². The lowest BCUT2D eigenvalue weighted by Crippen LogP contribution is -2.42. The molecule has 1 unspecified atom stereocenters. The van der Waals surface area contributed by atoms with Crippen molar-refractivity contribution in [2.24, 2.45) is 5.73 Å². The van der Waals surface area contributed by atoms with Gasteiger partial charge >= 0.3 is 5.97 Å². The zero-order valence-corrected chi connectivity index (χ0v) is 32.2. The Kier molecular flexibility index (Phi) is 12.6. The Morgan fingerprint density at radius 2 is 1.30 bits per heavy atom. The summed E-state index contributed by atoms with van der Waals surface area (Å²) in [6, 6.07) is 18.3. The van der Waals surface area contributed by atoms with E-state index in [0.717, 1.165) is 46.2 Å². The van der Waals surface area contributed by atoms with Crippen LogP contribution < -0.4 is 20.9 Å². The van der Waals surface area contributed by atoms with Gasteiger partial charge in [0.05, 0.1) is 28.0 Å². The number of rotatable bonds is 21. The second kappa shape index (κ2) is 17.5. The molecule has 5 aromatic rings. The maximum absolute atomic E-state index is 13.4. The number of carbonyl (C=O) groups excluding carboxylic acids is 1. The molecule has 0 aliphatic heterocycles. The second-order valence-corrected chi connectivity index (χ2v) is 16.7. The topological polar surface area (TPSA) is 158 Å². The van der Waals surface area contributed by atoms with Crippen molar-refractivity contribution in [3.05, 3.63) is 100 Å². The van der Waals surface area contributed by atoms with Crippen molar-refractivity contribution in [1.29, 1.82) is 0 Å². The number of hydrogen-bond acceptors (Lipinski definition) is 4. The van der Waals surface area contributed by atoms with Gasteiger partial charge in [0.2, 0.25) is 15.9 Å². The Labute approximate surface area is 318 Å². The first-order valence-electron chi connectivity index (χ1n) is 19.7. The first-order valence-corrected chi connectivity index (χ1v) is 21.4. The van der Waals surface area contributed by atoms with Gasteiger partial charge in [-0.3, -0.25) is 9.52 Å². The fourth-order valence-electron chi connectivity index (χ4n) is 8.31. The Morgan fingerprint density at radius 3 is 1.91 bits per heavy atom. The first-order chi connectivity index (χ1) is 26.1. The van der Waals surface area contributed by atoms with Gasteiger partial charge < -0.3 is 20.8 Å². The summed E-state index contributed by atoms with van der Waals surface area (Å²) in [5.41, 5.74) is 8.79. The predicted octanol–water partition coefficient (Wildman–Crippen LogP) is 8.38. The summed E-state index contributed by atoms with van der Waals surface area (Å²) in [6.07, 6.45) is 22.8. The van der Waals surface area contributed by atoms with Gasteiger partial charge in [0.25, 0.3) is 0 Å². The number of sulfonamides is 1. The standard InChI is InChI=1S/C44H54N4O5S/c1-2-3-4-5-6-7-8-9-10-11-12-13-14-17-26-54(52,53)48-39-25-19-23-34-38(30-47-41(34)39)44(27-31-20-15-16-21-32(31)36(28-44)42(45)49)37-29-46-40-33(37)22-18-24-35(40)43(50)51/h15-16,18-25,27,29-30,46-48H,2-14,17,26,28H2,1H3,(H2,45,49)(H,50,51). The molecule has 6 N–H and O–H groups in total.